The van der Waals surface area contributed by atoms with Crippen LogP contribution in [0.2, 0.25) is 5.02 Å². The van der Waals surface area contributed by atoms with Gasteiger partial charge in [-0.2, -0.15) is 0 Å². The SMILES string of the molecule is CNC(COc1cccc(Cl)c1)c1cncc(F)c1. The molecule has 1 atom stereocenters. The average molecular weight is 281 g/mol. The number of hydrogen-bond donors (Lipinski definition) is 1. The van der Waals surface area contributed by atoms with Crippen molar-refractivity contribution < 1.29 is 9.13 Å². The normalized spacial score (nSPS) is 12.2. The molecule has 3 nitrogen and oxygen atoms in total. The van der Waals surface area contributed by atoms with Gasteiger partial charge in [0.15, 0.2) is 0 Å². The van der Waals surface area contributed by atoms with Crippen LogP contribution in [0.5, 0.6) is 5.75 Å². The van der Waals surface area contributed by atoms with Crippen molar-refractivity contribution in [1.29, 1.82) is 0 Å². The van der Waals surface area contributed by atoms with Crippen molar-refractivity contribution in [3.63, 3.8) is 0 Å². The number of pyridine rings is 1. The van der Waals surface area contributed by atoms with Gasteiger partial charge in [-0.15, -0.1) is 0 Å². The van der Waals surface area contributed by atoms with E-state index in [0.717, 1.165) is 5.56 Å². The van der Waals surface area contributed by atoms with Crippen LogP contribution < -0.4 is 10.1 Å². The van der Waals surface area contributed by atoms with Crippen molar-refractivity contribution in [3.05, 3.63) is 59.1 Å². The van der Waals surface area contributed by atoms with Crippen LogP contribution in [0, 0.1) is 5.82 Å². The Hall–Kier alpha value is -1.65. The summed E-state index contributed by atoms with van der Waals surface area (Å²) >= 11 is 5.88. The number of rotatable bonds is 5. The van der Waals surface area contributed by atoms with E-state index in [2.05, 4.69) is 10.3 Å². The van der Waals surface area contributed by atoms with Crippen molar-refractivity contribution in [3.8, 4) is 5.75 Å². The zero-order valence-corrected chi connectivity index (χ0v) is 11.2. The van der Waals surface area contributed by atoms with E-state index in [1.165, 1.54) is 12.3 Å². The summed E-state index contributed by atoms with van der Waals surface area (Å²) in [7, 11) is 1.79. The Morgan fingerprint density at radius 3 is 2.89 bits per heavy atom. The van der Waals surface area contributed by atoms with Gasteiger partial charge in [0.05, 0.1) is 12.2 Å². The van der Waals surface area contributed by atoms with Gasteiger partial charge >= 0.3 is 0 Å². The third kappa shape index (κ3) is 3.91. The summed E-state index contributed by atoms with van der Waals surface area (Å²) in [6.45, 7) is 0.363. The van der Waals surface area contributed by atoms with Crippen molar-refractivity contribution in [1.82, 2.24) is 10.3 Å². The van der Waals surface area contributed by atoms with Crippen LogP contribution in [0.15, 0.2) is 42.7 Å². The molecule has 0 bridgehead atoms. The van der Waals surface area contributed by atoms with Gasteiger partial charge in [-0.3, -0.25) is 4.98 Å². The number of nitrogens with zero attached hydrogens (tertiary/aromatic N) is 1. The molecule has 1 N–H and O–H groups in total. The molecule has 2 aromatic rings. The Bertz CT molecular complexity index is 550. The number of benzene rings is 1. The molecule has 0 aliphatic rings. The quantitative estimate of drug-likeness (QED) is 0.913. The minimum Gasteiger partial charge on any atom is -0.492 e. The van der Waals surface area contributed by atoms with E-state index in [1.54, 1.807) is 25.4 Å². The van der Waals surface area contributed by atoms with Crippen molar-refractivity contribution in [2.75, 3.05) is 13.7 Å². The van der Waals surface area contributed by atoms with Crippen LogP contribution in [-0.4, -0.2) is 18.6 Å². The van der Waals surface area contributed by atoms with Gasteiger partial charge in [0.1, 0.15) is 18.2 Å². The van der Waals surface area contributed by atoms with Gasteiger partial charge in [0.25, 0.3) is 0 Å². The molecule has 1 heterocycles. The molecule has 0 aliphatic carbocycles. The minimum absolute atomic E-state index is 0.137. The summed E-state index contributed by atoms with van der Waals surface area (Å²) < 4.78 is 18.8. The average Bonchev–Trinajstić information content (AvgIpc) is 2.40. The Morgan fingerprint density at radius 1 is 1.37 bits per heavy atom. The first-order valence-electron chi connectivity index (χ1n) is 5.85. The first-order chi connectivity index (χ1) is 9.19. The number of halogens is 2. The molecule has 19 heavy (non-hydrogen) atoms. The lowest BCUT2D eigenvalue weighted by atomic mass is 10.1. The second-order valence-electron chi connectivity index (χ2n) is 4.05. The molecule has 0 spiro atoms. The van der Waals surface area contributed by atoms with Gasteiger partial charge in [-0.1, -0.05) is 17.7 Å². The molecular formula is C14H14ClFN2O. The fourth-order valence-electron chi connectivity index (χ4n) is 1.70. The largest absolute Gasteiger partial charge is 0.492 e. The highest BCUT2D eigenvalue weighted by atomic mass is 35.5. The predicted molar refractivity (Wildman–Crippen MR) is 72.9 cm³/mol. The predicted octanol–water partition coefficient (Wildman–Crippen LogP) is 3.21. The molecule has 0 aliphatic heterocycles. The molecule has 1 unspecified atom stereocenters. The lowest BCUT2D eigenvalue weighted by Gasteiger charge is -2.17. The van der Waals surface area contributed by atoms with E-state index in [4.69, 9.17) is 16.3 Å². The van der Waals surface area contributed by atoms with Crippen LogP contribution in [0.1, 0.15) is 11.6 Å². The molecule has 2 rings (SSSR count). The van der Waals surface area contributed by atoms with E-state index in [0.29, 0.717) is 17.4 Å². The Kier molecular flexibility index (Phi) is 4.71. The fourth-order valence-corrected chi connectivity index (χ4v) is 1.88. The lowest BCUT2D eigenvalue weighted by Crippen LogP contribution is -2.23. The topological polar surface area (TPSA) is 34.1 Å². The maximum atomic E-state index is 13.1. The van der Waals surface area contributed by atoms with E-state index in [1.807, 2.05) is 12.1 Å². The number of hydrogen-bond acceptors (Lipinski definition) is 3. The summed E-state index contributed by atoms with van der Waals surface area (Å²) in [5.41, 5.74) is 0.740. The van der Waals surface area contributed by atoms with Gasteiger partial charge < -0.3 is 10.1 Å². The highest BCUT2D eigenvalue weighted by Gasteiger charge is 2.11. The monoisotopic (exact) mass is 280 g/mol. The van der Waals surface area contributed by atoms with Gasteiger partial charge in [0, 0.05) is 11.2 Å². The molecule has 0 saturated heterocycles. The van der Waals surface area contributed by atoms with Crippen molar-refractivity contribution in [2.45, 2.75) is 6.04 Å². The molecule has 0 amide bonds. The summed E-state index contributed by atoms with van der Waals surface area (Å²) in [4.78, 5) is 3.83. The zero-order chi connectivity index (χ0) is 13.7. The first kappa shape index (κ1) is 13.8. The maximum Gasteiger partial charge on any atom is 0.141 e. The first-order valence-corrected chi connectivity index (χ1v) is 6.23. The maximum absolute atomic E-state index is 13.1. The molecule has 0 fully saturated rings. The smallest absolute Gasteiger partial charge is 0.141 e. The second kappa shape index (κ2) is 6.50. The zero-order valence-electron chi connectivity index (χ0n) is 10.4. The highest BCUT2D eigenvalue weighted by molar-refractivity contribution is 6.30. The third-order valence-corrected chi connectivity index (χ3v) is 2.92. The van der Waals surface area contributed by atoms with E-state index >= 15 is 0 Å². The van der Waals surface area contributed by atoms with Crippen molar-refractivity contribution >= 4 is 11.6 Å². The van der Waals surface area contributed by atoms with E-state index < -0.39 is 0 Å². The summed E-state index contributed by atoms with van der Waals surface area (Å²) in [5.74, 6) is 0.317. The fraction of sp³-hybridized carbons (Fsp3) is 0.214. The van der Waals surface area contributed by atoms with E-state index in [9.17, 15) is 4.39 Å². The molecular weight excluding hydrogens is 267 g/mol. The van der Waals surface area contributed by atoms with E-state index in [-0.39, 0.29) is 11.9 Å². The van der Waals surface area contributed by atoms with Crippen LogP contribution in [0.4, 0.5) is 4.39 Å². The molecule has 1 aromatic carbocycles. The second-order valence-corrected chi connectivity index (χ2v) is 4.48. The van der Waals surface area contributed by atoms with Crippen LogP contribution >= 0.6 is 11.6 Å². The lowest BCUT2D eigenvalue weighted by molar-refractivity contribution is 0.272. The summed E-state index contributed by atoms with van der Waals surface area (Å²) in [6, 6.07) is 8.45. The molecule has 0 saturated carbocycles. The van der Waals surface area contributed by atoms with Crippen LogP contribution in [0.25, 0.3) is 0 Å². The molecule has 1 aromatic heterocycles. The Labute approximate surface area is 116 Å². The number of nitrogens with one attached hydrogen (secondary N) is 1. The Balaban J connectivity index is 2.04. The van der Waals surface area contributed by atoms with Crippen molar-refractivity contribution in [2.24, 2.45) is 0 Å². The molecule has 100 valence electrons. The minimum atomic E-state index is -0.361. The van der Waals surface area contributed by atoms with Gasteiger partial charge in [-0.25, -0.2) is 4.39 Å². The summed E-state index contributed by atoms with van der Waals surface area (Å²) in [5, 5.41) is 3.68. The molecule has 0 radical (unpaired) electrons. The van der Waals surface area contributed by atoms with Crippen LogP contribution in [-0.2, 0) is 0 Å². The standard InChI is InChI=1S/C14H14ClFN2O/c1-17-14(10-5-12(16)8-18-7-10)9-19-13-4-2-3-11(15)6-13/h2-8,14,17H,9H2,1H3. The summed E-state index contributed by atoms with van der Waals surface area (Å²) in [6.07, 6.45) is 2.79. The molecule has 5 heteroatoms. The third-order valence-electron chi connectivity index (χ3n) is 2.69. The number of likely N-dealkylation sites (N-methyl/N-ethyl adjacent to an activating group) is 1. The van der Waals surface area contributed by atoms with Gasteiger partial charge in [-0.05, 0) is 36.9 Å². The van der Waals surface area contributed by atoms with Gasteiger partial charge in [0.2, 0.25) is 0 Å². The highest BCUT2D eigenvalue weighted by Crippen LogP contribution is 2.19. The number of aromatic nitrogens is 1. The Morgan fingerprint density at radius 2 is 2.21 bits per heavy atom. The number of ether oxygens (including phenoxy) is 1. The van der Waals surface area contributed by atoms with Crippen LogP contribution in [0.3, 0.4) is 0 Å².